The summed E-state index contributed by atoms with van der Waals surface area (Å²) in [4.78, 5) is 0. The van der Waals surface area contributed by atoms with E-state index in [1.807, 2.05) is 11.6 Å². The molecule has 1 aromatic heterocycles. The third kappa shape index (κ3) is 1.86. The van der Waals surface area contributed by atoms with Crippen LogP contribution < -0.4 is 10.1 Å². The maximum Gasteiger partial charge on any atom is 0.163 e. The van der Waals surface area contributed by atoms with Crippen molar-refractivity contribution in [3.63, 3.8) is 0 Å². The first-order valence-electron chi connectivity index (χ1n) is 5.52. The molecule has 0 saturated carbocycles. The molecule has 0 spiro atoms. The van der Waals surface area contributed by atoms with Crippen molar-refractivity contribution >= 4 is 0 Å². The average molecular weight is 209 g/mol. The van der Waals surface area contributed by atoms with E-state index in [1.165, 1.54) is 0 Å². The fourth-order valence-corrected chi connectivity index (χ4v) is 1.83. The molecule has 84 valence electrons. The summed E-state index contributed by atoms with van der Waals surface area (Å²) in [6, 6.07) is 0.389. The van der Waals surface area contributed by atoms with Gasteiger partial charge < -0.3 is 10.1 Å². The number of hydrogen-bond donors (Lipinski definition) is 1. The van der Waals surface area contributed by atoms with Crippen molar-refractivity contribution in [1.29, 1.82) is 0 Å². The van der Waals surface area contributed by atoms with Gasteiger partial charge in [0, 0.05) is 19.1 Å². The Kier molecular flexibility index (Phi) is 2.69. The molecule has 1 aromatic rings. The van der Waals surface area contributed by atoms with Gasteiger partial charge in [0.15, 0.2) is 5.75 Å². The molecule has 4 heteroatoms. The van der Waals surface area contributed by atoms with E-state index in [0.717, 1.165) is 30.2 Å². The summed E-state index contributed by atoms with van der Waals surface area (Å²) < 4.78 is 7.92. The number of aryl methyl sites for hydroxylation is 1. The van der Waals surface area contributed by atoms with Crippen molar-refractivity contribution < 1.29 is 4.74 Å². The second-order valence-corrected chi connectivity index (χ2v) is 4.44. The van der Waals surface area contributed by atoms with E-state index in [0.29, 0.717) is 12.1 Å². The van der Waals surface area contributed by atoms with Crippen LogP contribution in [0.4, 0.5) is 0 Å². The van der Waals surface area contributed by atoms with Gasteiger partial charge in [-0.15, -0.1) is 0 Å². The molecule has 2 rings (SSSR count). The van der Waals surface area contributed by atoms with Gasteiger partial charge in [-0.2, -0.15) is 5.10 Å². The number of hydrogen-bond acceptors (Lipinski definition) is 3. The van der Waals surface area contributed by atoms with Crippen molar-refractivity contribution in [3.05, 3.63) is 11.4 Å². The summed E-state index contributed by atoms with van der Waals surface area (Å²) in [5.74, 6) is 0.968. The lowest BCUT2D eigenvalue weighted by Gasteiger charge is -2.27. The minimum absolute atomic E-state index is 0.326. The highest BCUT2D eigenvalue weighted by Crippen LogP contribution is 2.26. The molecule has 0 atom stereocenters. The number of rotatable bonds is 3. The minimum Gasteiger partial charge on any atom is -0.484 e. The second kappa shape index (κ2) is 3.85. The summed E-state index contributed by atoms with van der Waals surface area (Å²) in [6.45, 7) is 10.2. The van der Waals surface area contributed by atoms with Crippen molar-refractivity contribution in [1.82, 2.24) is 15.1 Å². The van der Waals surface area contributed by atoms with E-state index in [9.17, 15) is 0 Å². The Hall–Kier alpha value is -1.03. The summed E-state index contributed by atoms with van der Waals surface area (Å²) in [5.41, 5.74) is 2.13. The number of ether oxygens (including phenoxy) is 1. The monoisotopic (exact) mass is 209 g/mol. The lowest BCUT2D eigenvalue weighted by Crippen LogP contribution is -2.50. The molecule has 0 bridgehead atoms. The van der Waals surface area contributed by atoms with E-state index in [-0.39, 0.29) is 0 Å². The van der Waals surface area contributed by atoms with E-state index in [4.69, 9.17) is 4.74 Å². The quantitative estimate of drug-likeness (QED) is 0.818. The molecule has 1 aliphatic rings. The zero-order valence-corrected chi connectivity index (χ0v) is 9.87. The molecule has 2 heterocycles. The van der Waals surface area contributed by atoms with E-state index in [2.05, 4.69) is 31.2 Å². The largest absolute Gasteiger partial charge is 0.484 e. The molecular weight excluding hydrogens is 190 g/mol. The van der Waals surface area contributed by atoms with Crippen LogP contribution in [0.25, 0.3) is 0 Å². The van der Waals surface area contributed by atoms with Gasteiger partial charge in [0.05, 0.1) is 5.69 Å². The van der Waals surface area contributed by atoms with Gasteiger partial charge in [0.25, 0.3) is 0 Å². The highest BCUT2D eigenvalue weighted by atomic mass is 16.5. The van der Waals surface area contributed by atoms with Crippen LogP contribution in [0.1, 0.15) is 31.3 Å². The number of nitrogens with one attached hydrogen (secondary N) is 1. The third-order valence-electron chi connectivity index (χ3n) is 2.78. The highest BCUT2D eigenvalue weighted by Gasteiger charge is 2.22. The molecule has 0 unspecified atom stereocenters. The van der Waals surface area contributed by atoms with Crippen LogP contribution in [0, 0.1) is 13.8 Å². The van der Waals surface area contributed by atoms with E-state index < -0.39 is 0 Å². The standard InChI is InChI=1S/C11H19N3O/c1-7(2)14-9(4)11(8(3)13-14)15-10-5-12-6-10/h7,10,12H,5-6H2,1-4H3. The number of nitrogens with zero attached hydrogens (tertiary/aromatic N) is 2. The lowest BCUT2D eigenvalue weighted by atomic mass is 10.2. The predicted octanol–water partition coefficient (Wildman–Crippen LogP) is 1.43. The van der Waals surface area contributed by atoms with Crippen LogP contribution >= 0.6 is 0 Å². The van der Waals surface area contributed by atoms with Crippen molar-refractivity contribution in [2.75, 3.05) is 13.1 Å². The van der Waals surface area contributed by atoms with Crippen LogP contribution in [0.5, 0.6) is 5.75 Å². The molecule has 0 aliphatic carbocycles. The zero-order valence-electron chi connectivity index (χ0n) is 9.87. The Morgan fingerprint density at radius 3 is 2.47 bits per heavy atom. The average Bonchev–Trinajstić information content (AvgIpc) is 2.36. The normalized spacial score (nSPS) is 16.9. The van der Waals surface area contributed by atoms with E-state index in [1.54, 1.807) is 0 Å². The van der Waals surface area contributed by atoms with Gasteiger partial charge in [-0.3, -0.25) is 4.68 Å². The maximum atomic E-state index is 5.90. The molecular formula is C11H19N3O. The molecule has 1 aliphatic heterocycles. The summed E-state index contributed by atoms with van der Waals surface area (Å²) in [7, 11) is 0. The minimum atomic E-state index is 0.326. The lowest BCUT2D eigenvalue weighted by molar-refractivity contribution is 0.140. The van der Waals surface area contributed by atoms with Gasteiger partial charge >= 0.3 is 0 Å². The van der Waals surface area contributed by atoms with Crippen LogP contribution in [0.3, 0.4) is 0 Å². The predicted molar refractivity (Wildman–Crippen MR) is 59.4 cm³/mol. The third-order valence-corrected chi connectivity index (χ3v) is 2.78. The molecule has 0 radical (unpaired) electrons. The topological polar surface area (TPSA) is 39.1 Å². The summed E-state index contributed by atoms with van der Waals surface area (Å²) in [6.07, 6.45) is 0.326. The van der Waals surface area contributed by atoms with Crippen LogP contribution in [-0.4, -0.2) is 29.0 Å². The van der Waals surface area contributed by atoms with Gasteiger partial charge in [-0.25, -0.2) is 0 Å². The Balaban J connectivity index is 2.21. The zero-order chi connectivity index (χ0) is 11.0. The fourth-order valence-electron chi connectivity index (χ4n) is 1.83. The summed E-state index contributed by atoms with van der Waals surface area (Å²) >= 11 is 0. The molecule has 1 saturated heterocycles. The molecule has 15 heavy (non-hydrogen) atoms. The molecule has 4 nitrogen and oxygen atoms in total. The van der Waals surface area contributed by atoms with Crippen LogP contribution in [-0.2, 0) is 0 Å². The van der Waals surface area contributed by atoms with Gasteiger partial charge in [0.2, 0.25) is 0 Å². The Morgan fingerprint density at radius 1 is 1.40 bits per heavy atom. The molecule has 1 N–H and O–H groups in total. The van der Waals surface area contributed by atoms with E-state index >= 15 is 0 Å². The Labute approximate surface area is 90.6 Å². The fraction of sp³-hybridized carbons (Fsp3) is 0.727. The van der Waals surface area contributed by atoms with Crippen molar-refractivity contribution in [2.24, 2.45) is 0 Å². The van der Waals surface area contributed by atoms with Crippen molar-refractivity contribution in [3.8, 4) is 5.75 Å². The summed E-state index contributed by atoms with van der Waals surface area (Å²) in [5, 5.41) is 7.69. The highest BCUT2D eigenvalue weighted by molar-refractivity contribution is 5.32. The van der Waals surface area contributed by atoms with Crippen LogP contribution in [0.2, 0.25) is 0 Å². The number of aromatic nitrogens is 2. The first-order chi connectivity index (χ1) is 7.09. The van der Waals surface area contributed by atoms with Gasteiger partial charge in [0.1, 0.15) is 11.8 Å². The van der Waals surface area contributed by atoms with Gasteiger partial charge in [-0.05, 0) is 27.7 Å². The molecule has 0 amide bonds. The SMILES string of the molecule is Cc1nn(C(C)C)c(C)c1OC1CNC1. The first kappa shape index (κ1) is 10.5. The Morgan fingerprint density at radius 2 is 2.07 bits per heavy atom. The Bertz CT molecular complexity index is 353. The second-order valence-electron chi connectivity index (χ2n) is 4.44. The van der Waals surface area contributed by atoms with Crippen molar-refractivity contribution in [2.45, 2.75) is 39.8 Å². The van der Waals surface area contributed by atoms with Gasteiger partial charge in [-0.1, -0.05) is 0 Å². The maximum absolute atomic E-state index is 5.90. The first-order valence-corrected chi connectivity index (χ1v) is 5.52. The molecule has 1 fully saturated rings. The smallest absolute Gasteiger partial charge is 0.163 e. The molecule has 0 aromatic carbocycles. The van der Waals surface area contributed by atoms with Crippen LogP contribution in [0.15, 0.2) is 0 Å².